The van der Waals surface area contributed by atoms with Crippen LogP contribution in [0.3, 0.4) is 0 Å². The molecule has 1 aromatic heterocycles. The van der Waals surface area contributed by atoms with E-state index in [4.69, 9.17) is 5.21 Å². The van der Waals surface area contributed by atoms with E-state index in [9.17, 15) is 14.3 Å². The van der Waals surface area contributed by atoms with Gasteiger partial charge in [-0.15, -0.1) is 0 Å². The highest BCUT2D eigenvalue weighted by Gasteiger charge is 2.19. The number of benzene rings is 1. The van der Waals surface area contributed by atoms with Crippen molar-refractivity contribution in [3.8, 4) is 0 Å². The largest absolute Gasteiger partial charge is 0.394 e. The van der Waals surface area contributed by atoms with Crippen LogP contribution in [-0.4, -0.2) is 34.4 Å². The van der Waals surface area contributed by atoms with Gasteiger partial charge in [0.25, 0.3) is 0 Å². The van der Waals surface area contributed by atoms with Crippen LogP contribution in [0.4, 0.5) is 4.39 Å². The van der Waals surface area contributed by atoms with Crippen LogP contribution in [0.2, 0.25) is 0 Å². The van der Waals surface area contributed by atoms with Crippen LogP contribution in [0, 0.1) is 32.5 Å². The fraction of sp³-hybridized carbons (Fsp3) is 0.478. The van der Waals surface area contributed by atoms with Gasteiger partial charge in [0, 0.05) is 12.1 Å². The van der Waals surface area contributed by atoms with Gasteiger partial charge in [-0.05, 0) is 74.9 Å². The van der Waals surface area contributed by atoms with Gasteiger partial charge in [0.15, 0.2) is 0 Å². The minimum absolute atomic E-state index is 0.0468. The maximum absolute atomic E-state index is 13.8. The number of nitrogens with one attached hydrogen (secondary N) is 2. The number of rotatable bonds is 11. The van der Waals surface area contributed by atoms with Gasteiger partial charge in [0.2, 0.25) is 5.91 Å². The summed E-state index contributed by atoms with van der Waals surface area (Å²) in [7, 11) is 0. The van der Waals surface area contributed by atoms with Crippen molar-refractivity contribution in [1.29, 1.82) is 0 Å². The standard InChI is InChI=1S/C23H32FN3O3/c1-15-7-8-20(26-13-15)21(14-28)25-9-5-4-6-19(23(29)27-30)12-18-10-16(2)22(24)17(3)11-18/h7-8,10-11,13,19,21,25,28,30H,4-6,9,12,14H2,1-3H3,(H,27,29)/t19-,21+/m0/s1. The topological polar surface area (TPSA) is 94.5 Å². The molecule has 2 aromatic rings. The molecule has 0 saturated carbocycles. The lowest BCUT2D eigenvalue weighted by Crippen LogP contribution is -2.30. The van der Waals surface area contributed by atoms with Crippen LogP contribution in [0.25, 0.3) is 0 Å². The molecule has 0 fully saturated rings. The molecule has 2 rings (SSSR count). The van der Waals surface area contributed by atoms with Crippen LogP contribution in [-0.2, 0) is 11.2 Å². The molecule has 0 radical (unpaired) electrons. The molecule has 0 bridgehead atoms. The first-order valence-corrected chi connectivity index (χ1v) is 10.3. The van der Waals surface area contributed by atoms with Crippen molar-refractivity contribution in [2.75, 3.05) is 13.2 Å². The molecular formula is C23H32FN3O3. The summed E-state index contributed by atoms with van der Waals surface area (Å²) in [6.07, 6.45) is 4.38. The van der Waals surface area contributed by atoms with Crippen LogP contribution < -0.4 is 10.8 Å². The third-order valence-electron chi connectivity index (χ3n) is 5.30. The van der Waals surface area contributed by atoms with Gasteiger partial charge in [-0.2, -0.15) is 0 Å². The van der Waals surface area contributed by atoms with E-state index in [1.54, 1.807) is 37.7 Å². The summed E-state index contributed by atoms with van der Waals surface area (Å²) in [4.78, 5) is 16.4. The quantitative estimate of drug-likeness (QED) is 0.256. The molecule has 0 saturated heterocycles. The minimum Gasteiger partial charge on any atom is -0.394 e. The predicted octanol–water partition coefficient (Wildman–Crippen LogP) is 3.30. The van der Waals surface area contributed by atoms with Crippen molar-refractivity contribution >= 4 is 5.91 Å². The Morgan fingerprint density at radius 3 is 2.43 bits per heavy atom. The van der Waals surface area contributed by atoms with Crippen LogP contribution in [0.15, 0.2) is 30.5 Å². The molecule has 0 unspecified atom stereocenters. The maximum Gasteiger partial charge on any atom is 0.246 e. The van der Waals surface area contributed by atoms with E-state index >= 15 is 0 Å². The van der Waals surface area contributed by atoms with E-state index in [1.165, 1.54) is 0 Å². The average molecular weight is 418 g/mol. The summed E-state index contributed by atoms with van der Waals surface area (Å²) in [6.45, 7) is 6.00. The summed E-state index contributed by atoms with van der Waals surface area (Å²) < 4.78 is 13.8. The van der Waals surface area contributed by atoms with Gasteiger partial charge >= 0.3 is 0 Å². The van der Waals surface area contributed by atoms with Crippen molar-refractivity contribution in [3.63, 3.8) is 0 Å². The SMILES string of the molecule is Cc1ccc([C@@H](CO)NCCCC[C@@H](Cc2cc(C)c(F)c(C)c2)C(=O)NO)nc1. The molecule has 30 heavy (non-hydrogen) atoms. The van der Waals surface area contributed by atoms with Crippen molar-refractivity contribution in [3.05, 3.63) is 64.2 Å². The summed E-state index contributed by atoms with van der Waals surface area (Å²) in [6, 6.07) is 7.14. The molecule has 0 aliphatic heterocycles. The number of unbranched alkanes of at least 4 members (excludes halogenated alkanes) is 1. The number of amides is 1. The number of carbonyl (C=O) groups excluding carboxylic acids is 1. The molecule has 164 valence electrons. The van der Waals surface area contributed by atoms with Crippen molar-refractivity contribution < 1.29 is 19.5 Å². The molecule has 1 heterocycles. The van der Waals surface area contributed by atoms with Gasteiger partial charge in [0.05, 0.1) is 18.3 Å². The number of hydrogen-bond donors (Lipinski definition) is 4. The van der Waals surface area contributed by atoms with Gasteiger partial charge in [-0.1, -0.05) is 24.6 Å². The fourth-order valence-corrected chi connectivity index (χ4v) is 3.60. The normalized spacial score (nSPS) is 13.1. The second-order valence-electron chi connectivity index (χ2n) is 7.87. The van der Waals surface area contributed by atoms with Gasteiger partial charge in [0.1, 0.15) is 5.82 Å². The number of aromatic nitrogens is 1. The molecule has 2 atom stereocenters. The third kappa shape index (κ3) is 6.86. The van der Waals surface area contributed by atoms with Crippen molar-refractivity contribution in [2.45, 2.75) is 52.5 Å². The number of halogens is 1. The maximum atomic E-state index is 13.8. The molecule has 0 aliphatic rings. The highest BCUT2D eigenvalue weighted by atomic mass is 19.1. The zero-order chi connectivity index (χ0) is 22.1. The molecule has 1 amide bonds. The molecule has 1 aromatic carbocycles. The van der Waals surface area contributed by atoms with E-state index in [0.717, 1.165) is 29.7 Å². The van der Waals surface area contributed by atoms with E-state index in [-0.39, 0.29) is 18.5 Å². The first-order chi connectivity index (χ1) is 14.3. The number of pyridine rings is 1. The second-order valence-corrected chi connectivity index (χ2v) is 7.87. The van der Waals surface area contributed by atoms with Crippen molar-refractivity contribution in [1.82, 2.24) is 15.8 Å². The van der Waals surface area contributed by atoms with E-state index in [1.807, 2.05) is 19.1 Å². The van der Waals surface area contributed by atoms with Crippen molar-refractivity contribution in [2.24, 2.45) is 5.92 Å². The summed E-state index contributed by atoms with van der Waals surface area (Å²) >= 11 is 0. The number of aliphatic hydroxyl groups is 1. The Hall–Kier alpha value is -2.35. The monoisotopic (exact) mass is 417 g/mol. The van der Waals surface area contributed by atoms with Crippen LogP contribution in [0.5, 0.6) is 0 Å². The van der Waals surface area contributed by atoms with Gasteiger partial charge < -0.3 is 10.4 Å². The zero-order valence-corrected chi connectivity index (χ0v) is 17.9. The Kier molecular flexibility index (Phi) is 9.36. The predicted molar refractivity (Wildman–Crippen MR) is 114 cm³/mol. The lowest BCUT2D eigenvalue weighted by molar-refractivity contribution is -0.133. The summed E-state index contributed by atoms with van der Waals surface area (Å²) in [5.41, 5.74) is 5.59. The first kappa shape index (κ1) is 23.9. The lowest BCUT2D eigenvalue weighted by Gasteiger charge is -2.18. The number of aliphatic hydroxyl groups excluding tert-OH is 1. The lowest BCUT2D eigenvalue weighted by atomic mass is 9.91. The van der Waals surface area contributed by atoms with E-state index in [0.29, 0.717) is 30.5 Å². The minimum atomic E-state index is -0.431. The number of hydroxylamine groups is 1. The van der Waals surface area contributed by atoms with Crippen LogP contribution in [0.1, 0.15) is 53.3 Å². The molecule has 7 heteroatoms. The number of nitrogens with zero attached hydrogens (tertiary/aromatic N) is 1. The Balaban J connectivity index is 1.86. The smallest absolute Gasteiger partial charge is 0.246 e. The highest BCUT2D eigenvalue weighted by Crippen LogP contribution is 2.20. The van der Waals surface area contributed by atoms with Gasteiger partial charge in [-0.3, -0.25) is 15.0 Å². The molecule has 6 nitrogen and oxygen atoms in total. The Morgan fingerprint density at radius 1 is 1.17 bits per heavy atom. The molecule has 4 N–H and O–H groups in total. The number of carbonyl (C=O) groups is 1. The second kappa shape index (κ2) is 11.7. The highest BCUT2D eigenvalue weighted by molar-refractivity contribution is 5.77. The average Bonchev–Trinajstić information content (AvgIpc) is 2.73. The zero-order valence-electron chi connectivity index (χ0n) is 17.9. The molecule has 0 spiro atoms. The fourth-order valence-electron chi connectivity index (χ4n) is 3.60. The van der Waals surface area contributed by atoms with E-state index < -0.39 is 11.8 Å². The Bertz CT molecular complexity index is 804. The summed E-state index contributed by atoms with van der Waals surface area (Å²) in [5, 5.41) is 22.0. The third-order valence-corrected chi connectivity index (χ3v) is 5.30. The summed E-state index contributed by atoms with van der Waals surface area (Å²) in [5.74, 6) is -1.05. The van der Waals surface area contributed by atoms with Crippen LogP contribution >= 0.6 is 0 Å². The Morgan fingerprint density at radius 2 is 1.87 bits per heavy atom. The first-order valence-electron chi connectivity index (χ1n) is 10.3. The van der Waals surface area contributed by atoms with Gasteiger partial charge in [-0.25, -0.2) is 9.87 Å². The number of hydrogen-bond acceptors (Lipinski definition) is 5. The number of aryl methyl sites for hydroxylation is 3. The molecular weight excluding hydrogens is 385 g/mol. The molecule has 0 aliphatic carbocycles. The van der Waals surface area contributed by atoms with E-state index in [2.05, 4.69) is 10.3 Å². The Labute approximate surface area is 177 Å².